The third kappa shape index (κ3) is 4.70. The van der Waals surface area contributed by atoms with Crippen molar-refractivity contribution in [1.29, 1.82) is 0 Å². The van der Waals surface area contributed by atoms with Crippen molar-refractivity contribution in [2.75, 3.05) is 13.2 Å². The van der Waals surface area contributed by atoms with Gasteiger partial charge >= 0.3 is 0 Å². The molecular weight excluding hydrogens is 378 g/mol. The fourth-order valence-electron chi connectivity index (χ4n) is 2.59. The summed E-state index contributed by atoms with van der Waals surface area (Å²) in [5, 5.41) is 15.2. The molecule has 9 nitrogen and oxygen atoms in total. The van der Waals surface area contributed by atoms with Gasteiger partial charge < -0.3 is 13.9 Å². The van der Waals surface area contributed by atoms with Crippen molar-refractivity contribution >= 4 is 29.4 Å². The highest BCUT2D eigenvalue weighted by Gasteiger charge is 2.33. The number of hydrogen-bond acceptors (Lipinski definition) is 7. The van der Waals surface area contributed by atoms with Gasteiger partial charge in [-0.15, -0.1) is 0 Å². The van der Waals surface area contributed by atoms with Crippen LogP contribution in [0.25, 0.3) is 11.3 Å². The Morgan fingerprint density at radius 3 is 2.81 bits per heavy atom. The molecule has 2 heterocycles. The van der Waals surface area contributed by atoms with E-state index in [0.29, 0.717) is 19.0 Å². The molecule has 0 radical (unpaired) electrons. The van der Waals surface area contributed by atoms with Crippen LogP contribution in [0.5, 0.6) is 0 Å². The number of nitrogens with one attached hydrogen (secondary N) is 1. The SMILES string of the molecule is CC1(CC(=O)N/N=C\c2ccc(-c3ccc(Cl)cc3[N+](=O)[O-])o2)OCCO1. The van der Waals surface area contributed by atoms with E-state index in [2.05, 4.69) is 10.5 Å². The Bertz CT molecular complexity index is 889. The van der Waals surface area contributed by atoms with Gasteiger partial charge in [0.05, 0.1) is 36.3 Å². The largest absolute Gasteiger partial charge is 0.455 e. The number of nitro benzene ring substituents is 1. The highest BCUT2D eigenvalue weighted by Crippen LogP contribution is 2.33. The molecule has 0 spiro atoms. The lowest BCUT2D eigenvalue weighted by Gasteiger charge is -2.20. The third-order valence-electron chi connectivity index (χ3n) is 3.81. The molecule has 1 fully saturated rings. The first-order valence-corrected chi connectivity index (χ1v) is 8.38. The van der Waals surface area contributed by atoms with E-state index >= 15 is 0 Å². The Balaban J connectivity index is 1.65. The minimum absolute atomic E-state index is 0.00468. The van der Waals surface area contributed by atoms with Gasteiger partial charge in [0, 0.05) is 11.1 Å². The van der Waals surface area contributed by atoms with E-state index in [1.807, 2.05) is 0 Å². The number of rotatable bonds is 6. The van der Waals surface area contributed by atoms with E-state index in [1.54, 1.807) is 19.1 Å². The fraction of sp³-hybridized carbons (Fsp3) is 0.294. The molecule has 1 saturated heterocycles. The van der Waals surface area contributed by atoms with Crippen LogP contribution in [-0.2, 0) is 14.3 Å². The van der Waals surface area contributed by atoms with E-state index in [1.165, 1.54) is 24.4 Å². The van der Waals surface area contributed by atoms with Crippen LogP contribution in [-0.4, -0.2) is 36.0 Å². The number of carbonyl (C=O) groups is 1. The van der Waals surface area contributed by atoms with Crippen LogP contribution < -0.4 is 5.43 Å². The number of carbonyl (C=O) groups excluding carboxylic acids is 1. The molecule has 1 aromatic heterocycles. The number of hydrazone groups is 1. The zero-order valence-corrected chi connectivity index (χ0v) is 15.1. The summed E-state index contributed by atoms with van der Waals surface area (Å²) in [6, 6.07) is 7.44. The first kappa shape index (κ1) is 19.0. The van der Waals surface area contributed by atoms with Gasteiger partial charge in [-0.25, -0.2) is 5.43 Å². The predicted octanol–water partition coefficient (Wildman–Crippen LogP) is 3.11. The van der Waals surface area contributed by atoms with E-state index in [0.717, 1.165) is 0 Å². The highest BCUT2D eigenvalue weighted by atomic mass is 35.5. The topological polar surface area (TPSA) is 116 Å². The standard InChI is InChI=1S/C17H16ClN3O6/c1-17(25-6-7-26-17)9-16(22)20-19-10-12-3-5-15(27-12)13-4-2-11(18)8-14(13)21(23)24/h2-5,8,10H,6-7,9H2,1H3,(H,20,22)/b19-10-. The molecule has 1 aliphatic heterocycles. The summed E-state index contributed by atoms with van der Waals surface area (Å²) in [5.41, 5.74) is 2.47. The van der Waals surface area contributed by atoms with Crippen molar-refractivity contribution < 1.29 is 23.6 Å². The van der Waals surface area contributed by atoms with Crippen LogP contribution >= 0.6 is 11.6 Å². The Hall–Kier alpha value is -2.75. The number of nitro groups is 1. The van der Waals surface area contributed by atoms with Crippen molar-refractivity contribution in [3.8, 4) is 11.3 Å². The van der Waals surface area contributed by atoms with Crippen LogP contribution in [0.3, 0.4) is 0 Å². The number of ether oxygens (including phenoxy) is 2. The van der Waals surface area contributed by atoms with Crippen molar-refractivity contribution in [1.82, 2.24) is 5.43 Å². The van der Waals surface area contributed by atoms with Gasteiger partial charge in [0.1, 0.15) is 11.5 Å². The lowest BCUT2D eigenvalue weighted by molar-refractivity contribution is -0.384. The molecule has 1 amide bonds. The average Bonchev–Trinajstić information content (AvgIpc) is 3.24. The molecular formula is C17H16ClN3O6. The Labute approximate surface area is 159 Å². The third-order valence-corrected chi connectivity index (χ3v) is 4.04. The molecule has 0 aliphatic carbocycles. The normalized spacial score (nSPS) is 15.9. The number of nitrogens with zero attached hydrogens (tertiary/aromatic N) is 2. The quantitative estimate of drug-likeness (QED) is 0.458. The highest BCUT2D eigenvalue weighted by molar-refractivity contribution is 6.30. The Kier molecular flexibility index (Phi) is 5.54. The summed E-state index contributed by atoms with van der Waals surface area (Å²) in [6.45, 7) is 2.57. The number of furan rings is 1. The summed E-state index contributed by atoms with van der Waals surface area (Å²) < 4.78 is 16.2. The van der Waals surface area contributed by atoms with E-state index in [4.69, 9.17) is 25.5 Å². The predicted molar refractivity (Wildman–Crippen MR) is 96.5 cm³/mol. The molecule has 0 saturated carbocycles. The molecule has 0 unspecified atom stereocenters. The van der Waals surface area contributed by atoms with E-state index in [-0.39, 0.29) is 34.4 Å². The lowest BCUT2D eigenvalue weighted by atomic mass is 10.1. The molecule has 27 heavy (non-hydrogen) atoms. The van der Waals surface area contributed by atoms with Crippen LogP contribution in [0.15, 0.2) is 39.9 Å². The van der Waals surface area contributed by atoms with Crippen LogP contribution in [0.4, 0.5) is 5.69 Å². The zero-order valence-electron chi connectivity index (χ0n) is 14.3. The summed E-state index contributed by atoms with van der Waals surface area (Å²) in [5.74, 6) is -0.721. The first-order valence-electron chi connectivity index (χ1n) is 8.00. The lowest BCUT2D eigenvalue weighted by Crippen LogP contribution is -2.33. The Morgan fingerprint density at radius 1 is 1.37 bits per heavy atom. The smallest absolute Gasteiger partial charge is 0.281 e. The van der Waals surface area contributed by atoms with Crippen LogP contribution in [0.1, 0.15) is 19.1 Å². The summed E-state index contributed by atoms with van der Waals surface area (Å²) in [7, 11) is 0. The molecule has 0 atom stereocenters. The molecule has 0 bridgehead atoms. The summed E-state index contributed by atoms with van der Waals surface area (Å²) in [4.78, 5) is 22.5. The van der Waals surface area contributed by atoms with Gasteiger partial charge in [0.25, 0.3) is 5.69 Å². The maximum absolute atomic E-state index is 11.9. The number of benzene rings is 1. The van der Waals surface area contributed by atoms with Gasteiger partial charge in [0.2, 0.25) is 5.91 Å². The molecule has 142 valence electrons. The summed E-state index contributed by atoms with van der Waals surface area (Å²) in [6.07, 6.45) is 1.30. The first-order chi connectivity index (χ1) is 12.9. The molecule has 1 aromatic carbocycles. The fourth-order valence-corrected chi connectivity index (χ4v) is 2.76. The van der Waals surface area contributed by atoms with Crippen molar-refractivity contribution in [3.63, 3.8) is 0 Å². The second-order valence-corrected chi connectivity index (χ2v) is 6.36. The summed E-state index contributed by atoms with van der Waals surface area (Å²) >= 11 is 5.81. The van der Waals surface area contributed by atoms with Crippen molar-refractivity contribution in [2.24, 2.45) is 5.10 Å². The van der Waals surface area contributed by atoms with Crippen molar-refractivity contribution in [2.45, 2.75) is 19.1 Å². The van der Waals surface area contributed by atoms with Crippen LogP contribution in [0, 0.1) is 10.1 Å². The molecule has 3 rings (SSSR count). The maximum Gasteiger partial charge on any atom is 0.281 e. The second kappa shape index (κ2) is 7.87. The van der Waals surface area contributed by atoms with Gasteiger partial charge in [-0.3, -0.25) is 14.9 Å². The van der Waals surface area contributed by atoms with E-state index in [9.17, 15) is 14.9 Å². The maximum atomic E-state index is 11.9. The zero-order chi connectivity index (χ0) is 19.4. The van der Waals surface area contributed by atoms with Gasteiger partial charge in [0.15, 0.2) is 5.79 Å². The average molecular weight is 394 g/mol. The van der Waals surface area contributed by atoms with Crippen molar-refractivity contribution in [3.05, 3.63) is 51.2 Å². The minimum Gasteiger partial charge on any atom is -0.455 e. The minimum atomic E-state index is -0.940. The molecule has 2 aromatic rings. The number of hydrogen-bond donors (Lipinski definition) is 1. The van der Waals surface area contributed by atoms with Gasteiger partial charge in [-0.2, -0.15) is 5.10 Å². The molecule has 1 N–H and O–H groups in total. The number of halogens is 1. The van der Waals surface area contributed by atoms with Gasteiger partial charge in [-0.1, -0.05) is 11.6 Å². The van der Waals surface area contributed by atoms with Crippen LogP contribution in [0.2, 0.25) is 5.02 Å². The Morgan fingerprint density at radius 2 is 2.11 bits per heavy atom. The molecule has 1 aliphatic rings. The van der Waals surface area contributed by atoms with E-state index < -0.39 is 10.7 Å². The monoisotopic (exact) mass is 393 g/mol. The number of amides is 1. The van der Waals surface area contributed by atoms with Gasteiger partial charge in [-0.05, 0) is 31.2 Å². The second-order valence-electron chi connectivity index (χ2n) is 5.92. The molecule has 10 heteroatoms.